The predicted octanol–water partition coefficient (Wildman–Crippen LogP) is 3.08. The number of carbonyl (C=O) groups excluding carboxylic acids is 1. The average molecular weight is 442 g/mol. The average Bonchev–Trinajstić information content (AvgIpc) is 3.51. The number of benzene rings is 2. The van der Waals surface area contributed by atoms with Crippen molar-refractivity contribution in [2.45, 2.75) is 37.1 Å². The molecule has 0 atom stereocenters. The number of aromatic nitrogens is 2. The van der Waals surface area contributed by atoms with Gasteiger partial charge in [-0.3, -0.25) is 9.52 Å². The maximum absolute atomic E-state index is 12.7. The van der Waals surface area contributed by atoms with Crippen LogP contribution in [-0.4, -0.2) is 31.1 Å². The lowest BCUT2D eigenvalue weighted by molar-refractivity contribution is 0.0946. The molecule has 0 aliphatic heterocycles. The Kier molecular flexibility index (Phi) is 5.90. The van der Waals surface area contributed by atoms with E-state index in [0.717, 1.165) is 12.8 Å². The first-order chi connectivity index (χ1) is 14.9. The molecule has 1 heterocycles. The fourth-order valence-corrected chi connectivity index (χ4v) is 4.01. The van der Waals surface area contributed by atoms with E-state index in [1.54, 1.807) is 24.3 Å². The van der Waals surface area contributed by atoms with E-state index in [9.17, 15) is 13.2 Å². The first kappa shape index (κ1) is 20.9. The second-order valence-corrected chi connectivity index (χ2v) is 8.78. The van der Waals surface area contributed by atoms with Crippen molar-refractivity contribution in [3.05, 3.63) is 65.8 Å². The lowest BCUT2D eigenvalue weighted by Crippen LogP contribution is -2.23. The zero-order valence-corrected chi connectivity index (χ0v) is 17.7. The van der Waals surface area contributed by atoms with Gasteiger partial charge in [-0.25, -0.2) is 8.42 Å². The molecular weight excluding hydrogens is 420 g/mol. The van der Waals surface area contributed by atoms with Crippen molar-refractivity contribution in [1.82, 2.24) is 15.5 Å². The van der Waals surface area contributed by atoms with Crippen LogP contribution in [0.25, 0.3) is 0 Å². The van der Waals surface area contributed by atoms with E-state index >= 15 is 0 Å². The fourth-order valence-electron chi connectivity index (χ4n) is 2.91. The first-order valence-electron chi connectivity index (χ1n) is 9.91. The second-order valence-electron chi connectivity index (χ2n) is 7.09. The quantitative estimate of drug-likeness (QED) is 0.522. The van der Waals surface area contributed by atoms with Gasteiger partial charge in [0.2, 0.25) is 5.89 Å². The van der Waals surface area contributed by atoms with Gasteiger partial charge in [0.05, 0.1) is 18.0 Å². The number of carbonyl (C=O) groups is 1. The van der Waals surface area contributed by atoms with E-state index in [1.165, 1.54) is 24.3 Å². The molecule has 4 rings (SSSR count). The van der Waals surface area contributed by atoms with Gasteiger partial charge in [-0.15, -0.1) is 0 Å². The minimum absolute atomic E-state index is 0.0251. The van der Waals surface area contributed by atoms with Crippen molar-refractivity contribution in [2.24, 2.45) is 0 Å². The molecule has 1 aliphatic rings. The molecule has 3 aromatic rings. The predicted molar refractivity (Wildman–Crippen MR) is 112 cm³/mol. The molecule has 31 heavy (non-hydrogen) atoms. The highest BCUT2D eigenvalue weighted by atomic mass is 32.2. The zero-order chi connectivity index (χ0) is 21.8. The van der Waals surface area contributed by atoms with E-state index in [4.69, 9.17) is 9.26 Å². The number of ether oxygens (including phenoxy) is 1. The van der Waals surface area contributed by atoms with Crippen LogP contribution in [0.2, 0.25) is 0 Å². The lowest BCUT2D eigenvalue weighted by atomic mass is 10.2. The van der Waals surface area contributed by atoms with Crippen LogP contribution >= 0.6 is 0 Å². The Balaban J connectivity index is 1.41. The number of nitrogens with zero attached hydrogens (tertiary/aromatic N) is 2. The smallest absolute Gasteiger partial charge is 0.261 e. The molecule has 2 aromatic carbocycles. The molecule has 162 valence electrons. The SMILES string of the molecule is CCOc1ccc(NS(=O)(=O)c2cccc(C(=O)NCc3nc(C4CC4)no3)c2)cc1. The maximum atomic E-state index is 12.7. The van der Waals surface area contributed by atoms with Gasteiger partial charge >= 0.3 is 0 Å². The van der Waals surface area contributed by atoms with Crippen LogP contribution in [0.1, 0.15) is 47.8 Å². The molecule has 0 radical (unpaired) electrons. The molecular formula is C21H22N4O5S. The molecule has 1 aliphatic carbocycles. The summed E-state index contributed by atoms with van der Waals surface area (Å²) in [4.78, 5) is 16.7. The number of nitrogens with one attached hydrogen (secondary N) is 2. The van der Waals surface area contributed by atoms with Crippen molar-refractivity contribution in [2.75, 3.05) is 11.3 Å². The van der Waals surface area contributed by atoms with Crippen LogP contribution in [0.15, 0.2) is 57.9 Å². The minimum Gasteiger partial charge on any atom is -0.494 e. The number of rotatable bonds is 9. The van der Waals surface area contributed by atoms with Gasteiger partial charge < -0.3 is 14.6 Å². The first-order valence-corrected chi connectivity index (χ1v) is 11.4. The van der Waals surface area contributed by atoms with Crippen LogP contribution in [0, 0.1) is 0 Å². The Labute approximate surface area is 179 Å². The van der Waals surface area contributed by atoms with Gasteiger partial charge in [-0.1, -0.05) is 11.2 Å². The molecule has 1 saturated carbocycles. The summed E-state index contributed by atoms with van der Waals surface area (Å²) in [6.45, 7) is 2.46. The van der Waals surface area contributed by atoms with Crippen molar-refractivity contribution in [3.8, 4) is 5.75 Å². The van der Waals surface area contributed by atoms with Gasteiger partial charge in [0, 0.05) is 17.2 Å². The zero-order valence-electron chi connectivity index (χ0n) is 16.9. The molecule has 0 bridgehead atoms. The largest absolute Gasteiger partial charge is 0.494 e. The number of sulfonamides is 1. The monoisotopic (exact) mass is 442 g/mol. The second kappa shape index (κ2) is 8.76. The third-order valence-electron chi connectivity index (χ3n) is 4.65. The van der Waals surface area contributed by atoms with E-state index in [2.05, 4.69) is 20.2 Å². The van der Waals surface area contributed by atoms with Gasteiger partial charge in [0.1, 0.15) is 5.75 Å². The Bertz CT molecular complexity index is 1170. The number of amides is 1. The molecule has 0 spiro atoms. The Hall–Kier alpha value is -3.40. The standard InChI is InChI=1S/C21H22N4O5S/c1-2-29-17-10-8-16(9-11-17)25-31(27,28)18-5-3-4-15(12-18)21(26)22-13-19-23-20(24-30-19)14-6-7-14/h3-5,8-12,14,25H,2,6-7,13H2,1H3,(H,22,26). The molecule has 0 unspecified atom stereocenters. The van der Waals surface area contributed by atoms with Crippen LogP contribution in [-0.2, 0) is 16.6 Å². The van der Waals surface area contributed by atoms with Crippen LogP contribution in [0.5, 0.6) is 5.75 Å². The summed E-state index contributed by atoms with van der Waals surface area (Å²) in [6.07, 6.45) is 2.11. The molecule has 0 saturated heterocycles. The van der Waals surface area contributed by atoms with E-state index in [1.807, 2.05) is 6.92 Å². The van der Waals surface area contributed by atoms with Crippen molar-refractivity contribution < 1.29 is 22.5 Å². The normalized spacial score (nSPS) is 13.6. The highest BCUT2D eigenvalue weighted by Gasteiger charge is 2.28. The summed E-state index contributed by atoms with van der Waals surface area (Å²) >= 11 is 0. The lowest BCUT2D eigenvalue weighted by Gasteiger charge is -2.10. The van der Waals surface area contributed by atoms with Gasteiger partial charge in [0.15, 0.2) is 5.82 Å². The molecule has 2 N–H and O–H groups in total. The maximum Gasteiger partial charge on any atom is 0.261 e. The molecule has 1 amide bonds. The van der Waals surface area contributed by atoms with Crippen LogP contribution in [0.3, 0.4) is 0 Å². The van der Waals surface area contributed by atoms with E-state index < -0.39 is 15.9 Å². The van der Waals surface area contributed by atoms with Crippen molar-refractivity contribution >= 4 is 21.6 Å². The highest BCUT2D eigenvalue weighted by molar-refractivity contribution is 7.92. The van der Waals surface area contributed by atoms with Crippen molar-refractivity contribution in [1.29, 1.82) is 0 Å². The van der Waals surface area contributed by atoms with Crippen LogP contribution in [0.4, 0.5) is 5.69 Å². The fraction of sp³-hybridized carbons (Fsp3) is 0.286. The Morgan fingerprint density at radius 2 is 1.97 bits per heavy atom. The van der Waals surface area contributed by atoms with E-state index in [-0.39, 0.29) is 17.0 Å². The topological polar surface area (TPSA) is 123 Å². The van der Waals surface area contributed by atoms with Crippen molar-refractivity contribution in [3.63, 3.8) is 0 Å². The summed E-state index contributed by atoms with van der Waals surface area (Å²) in [5, 5.41) is 6.57. The third-order valence-corrected chi connectivity index (χ3v) is 6.03. The summed E-state index contributed by atoms with van der Waals surface area (Å²) < 4.78 is 38.4. The van der Waals surface area contributed by atoms with E-state index in [0.29, 0.717) is 35.7 Å². The molecule has 10 heteroatoms. The number of hydrogen-bond donors (Lipinski definition) is 2. The Morgan fingerprint density at radius 3 is 2.68 bits per heavy atom. The van der Waals surface area contributed by atoms with Crippen LogP contribution < -0.4 is 14.8 Å². The number of anilines is 1. The summed E-state index contributed by atoms with van der Waals surface area (Å²) in [7, 11) is -3.87. The Morgan fingerprint density at radius 1 is 1.19 bits per heavy atom. The third kappa shape index (κ3) is 5.21. The number of hydrogen-bond acceptors (Lipinski definition) is 7. The molecule has 9 nitrogen and oxygen atoms in total. The van der Waals surface area contributed by atoms with Gasteiger partial charge in [-0.05, 0) is 62.2 Å². The van der Waals surface area contributed by atoms with Gasteiger partial charge in [0.25, 0.3) is 15.9 Å². The molecule has 1 aromatic heterocycles. The van der Waals surface area contributed by atoms with Gasteiger partial charge in [-0.2, -0.15) is 4.98 Å². The summed E-state index contributed by atoms with van der Waals surface area (Å²) in [5.74, 6) is 1.55. The summed E-state index contributed by atoms with van der Waals surface area (Å²) in [5.41, 5.74) is 0.595. The molecule has 1 fully saturated rings. The summed E-state index contributed by atoms with van der Waals surface area (Å²) in [6, 6.07) is 12.4. The minimum atomic E-state index is -3.87. The highest BCUT2D eigenvalue weighted by Crippen LogP contribution is 2.38.